The Balaban J connectivity index is 3.17. The summed E-state index contributed by atoms with van der Waals surface area (Å²) >= 11 is 0. The van der Waals surface area contributed by atoms with Gasteiger partial charge in [0.2, 0.25) is 0 Å². The summed E-state index contributed by atoms with van der Waals surface area (Å²) in [6.45, 7) is 1.85. The molecule has 0 heterocycles. The molecule has 5 heteroatoms. The van der Waals surface area contributed by atoms with Crippen molar-refractivity contribution in [3.63, 3.8) is 0 Å². The highest BCUT2D eigenvalue weighted by atomic mass is 16.5. The first-order chi connectivity index (χ1) is 7.95. The molecular formula is C12H14O5. The van der Waals surface area contributed by atoms with Gasteiger partial charge in [-0.25, -0.2) is 0 Å². The minimum absolute atomic E-state index is 0.382. The summed E-state index contributed by atoms with van der Waals surface area (Å²) in [5.41, 5.74) is 1.30. The van der Waals surface area contributed by atoms with Crippen LogP contribution in [0.5, 0.6) is 5.75 Å². The molecule has 1 aromatic carbocycles. The number of methoxy groups -OCH3 is 1. The van der Waals surface area contributed by atoms with Crippen LogP contribution in [0, 0.1) is 6.92 Å². The molecule has 0 saturated carbocycles. The molecule has 92 valence electrons. The van der Waals surface area contributed by atoms with Crippen LogP contribution in [0.1, 0.15) is 23.5 Å². The van der Waals surface area contributed by atoms with E-state index in [0.717, 1.165) is 5.56 Å². The normalized spacial score (nSPS) is 11.9. The fraction of sp³-hybridized carbons (Fsp3) is 0.333. The van der Waals surface area contributed by atoms with E-state index in [-0.39, 0.29) is 0 Å². The number of hydrogen-bond donors (Lipinski definition) is 2. The number of rotatable bonds is 5. The molecule has 0 aliphatic rings. The first-order valence-corrected chi connectivity index (χ1v) is 5.05. The van der Waals surface area contributed by atoms with E-state index >= 15 is 0 Å². The lowest BCUT2D eigenvalue weighted by Crippen LogP contribution is -2.16. The third kappa shape index (κ3) is 3.21. The van der Waals surface area contributed by atoms with Crippen LogP contribution in [0.25, 0.3) is 0 Å². The molecule has 0 aromatic heterocycles. The number of carboxylic acid groups (broad SMARTS) is 2. The Morgan fingerprint density at radius 3 is 2.47 bits per heavy atom. The summed E-state index contributed by atoms with van der Waals surface area (Å²) in [6, 6.07) is 5.01. The van der Waals surface area contributed by atoms with Crippen molar-refractivity contribution in [3.8, 4) is 5.75 Å². The Bertz CT molecular complexity index is 439. The van der Waals surface area contributed by atoms with Gasteiger partial charge in [0.15, 0.2) is 0 Å². The molecule has 0 aliphatic heterocycles. The Hall–Kier alpha value is -2.04. The Labute approximate surface area is 98.6 Å². The number of hydrogen-bond acceptors (Lipinski definition) is 3. The van der Waals surface area contributed by atoms with Gasteiger partial charge in [0, 0.05) is 5.56 Å². The maximum atomic E-state index is 11.1. The Morgan fingerprint density at radius 2 is 2.00 bits per heavy atom. The smallest absolute Gasteiger partial charge is 0.311 e. The standard InChI is InChI=1S/C12H14O5/c1-7-3-4-8(10(5-7)17-2)9(12(15)16)6-11(13)14/h3-5,9H,6H2,1-2H3,(H,13,14)(H,15,16). The summed E-state index contributed by atoms with van der Waals surface area (Å²) in [6.07, 6.45) is -0.464. The second-order valence-corrected chi connectivity index (χ2v) is 3.73. The number of ether oxygens (including phenoxy) is 1. The van der Waals surface area contributed by atoms with Gasteiger partial charge < -0.3 is 14.9 Å². The second-order valence-electron chi connectivity index (χ2n) is 3.73. The van der Waals surface area contributed by atoms with Crippen LogP contribution in [0.15, 0.2) is 18.2 Å². The Kier molecular flexibility index (Phi) is 4.09. The zero-order chi connectivity index (χ0) is 13.0. The van der Waals surface area contributed by atoms with E-state index < -0.39 is 24.3 Å². The molecule has 1 rings (SSSR count). The molecule has 0 aliphatic carbocycles. The van der Waals surface area contributed by atoms with Crippen LogP contribution in [-0.4, -0.2) is 29.3 Å². The lowest BCUT2D eigenvalue weighted by molar-refractivity contribution is -0.145. The largest absolute Gasteiger partial charge is 0.496 e. The van der Waals surface area contributed by atoms with Crippen molar-refractivity contribution in [3.05, 3.63) is 29.3 Å². The van der Waals surface area contributed by atoms with Gasteiger partial charge in [0.05, 0.1) is 19.4 Å². The fourth-order valence-electron chi connectivity index (χ4n) is 1.61. The molecule has 0 saturated heterocycles. The van der Waals surface area contributed by atoms with Gasteiger partial charge in [-0.3, -0.25) is 9.59 Å². The molecule has 0 fully saturated rings. The van der Waals surface area contributed by atoms with Crippen LogP contribution in [0.3, 0.4) is 0 Å². The van der Waals surface area contributed by atoms with Crippen molar-refractivity contribution in [1.82, 2.24) is 0 Å². The van der Waals surface area contributed by atoms with E-state index in [9.17, 15) is 9.59 Å². The van der Waals surface area contributed by atoms with Gasteiger partial charge in [-0.15, -0.1) is 0 Å². The summed E-state index contributed by atoms with van der Waals surface area (Å²) in [7, 11) is 1.43. The SMILES string of the molecule is COc1cc(C)ccc1C(CC(=O)O)C(=O)O. The zero-order valence-corrected chi connectivity index (χ0v) is 9.64. The number of aliphatic carboxylic acids is 2. The van der Waals surface area contributed by atoms with Crippen LogP contribution >= 0.6 is 0 Å². The van der Waals surface area contributed by atoms with Crippen molar-refractivity contribution in [2.24, 2.45) is 0 Å². The minimum atomic E-state index is -1.17. The summed E-state index contributed by atoms with van der Waals surface area (Å²) in [5, 5.41) is 17.8. The second kappa shape index (κ2) is 5.34. The van der Waals surface area contributed by atoms with E-state index in [1.54, 1.807) is 18.2 Å². The van der Waals surface area contributed by atoms with E-state index in [1.165, 1.54) is 7.11 Å². The molecule has 0 amide bonds. The summed E-state index contributed by atoms with van der Waals surface area (Å²) in [4.78, 5) is 21.7. The molecule has 2 N–H and O–H groups in total. The average Bonchev–Trinajstić information content (AvgIpc) is 2.25. The van der Waals surface area contributed by atoms with E-state index in [0.29, 0.717) is 11.3 Å². The number of benzene rings is 1. The highest BCUT2D eigenvalue weighted by Crippen LogP contribution is 2.30. The molecule has 0 radical (unpaired) electrons. The number of carboxylic acids is 2. The molecule has 17 heavy (non-hydrogen) atoms. The average molecular weight is 238 g/mol. The molecule has 5 nitrogen and oxygen atoms in total. The molecule has 1 atom stereocenters. The molecule has 1 aromatic rings. The van der Waals surface area contributed by atoms with Crippen molar-refractivity contribution in [2.75, 3.05) is 7.11 Å². The van der Waals surface area contributed by atoms with Crippen LogP contribution in [-0.2, 0) is 9.59 Å². The van der Waals surface area contributed by atoms with Gasteiger partial charge in [0.25, 0.3) is 0 Å². The van der Waals surface area contributed by atoms with Crippen LogP contribution in [0.4, 0.5) is 0 Å². The van der Waals surface area contributed by atoms with Gasteiger partial charge >= 0.3 is 11.9 Å². The van der Waals surface area contributed by atoms with E-state index in [4.69, 9.17) is 14.9 Å². The van der Waals surface area contributed by atoms with E-state index in [1.807, 2.05) is 6.92 Å². The van der Waals surface area contributed by atoms with Crippen molar-refractivity contribution < 1.29 is 24.5 Å². The van der Waals surface area contributed by atoms with Crippen molar-refractivity contribution >= 4 is 11.9 Å². The highest BCUT2D eigenvalue weighted by Gasteiger charge is 2.26. The van der Waals surface area contributed by atoms with Gasteiger partial charge in [0.1, 0.15) is 5.75 Å². The fourth-order valence-corrected chi connectivity index (χ4v) is 1.61. The first-order valence-electron chi connectivity index (χ1n) is 5.05. The van der Waals surface area contributed by atoms with Crippen molar-refractivity contribution in [1.29, 1.82) is 0 Å². The van der Waals surface area contributed by atoms with Gasteiger partial charge in [-0.05, 0) is 18.6 Å². The van der Waals surface area contributed by atoms with E-state index in [2.05, 4.69) is 0 Å². The maximum Gasteiger partial charge on any atom is 0.311 e. The number of carbonyl (C=O) groups is 2. The minimum Gasteiger partial charge on any atom is -0.496 e. The summed E-state index contributed by atoms with van der Waals surface area (Å²) < 4.78 is 5.08. The summed E-state index contributed by atoms with van der Waals surface area (Å²) in [5.74, 6) is -3.02. The Morgan fingerprint density at radius 1 is 1.35 bits per heavy atom. The van der Waals surface area contributed by atoms with Crippen LogP contribution < -0.4 is 4.74 Å². The first kappa shape index (κ1) is 13.0. The molecular weight excluding hydrogens is 224 g/mol. The van der Waals surface area contributed by atoms with Gasteiger partial charge in [-0.1, -0.05) is 12.1 Å². The van der Waals surface area contributed by atoms with Gasteiger partial charge in [-0.2, -0.15) is 0 Å². The van der Waals surface area contributed by atoms with Crippen LogP contribution in [0.2, 0.25) is 0 Å². The highest BCUT2D eigenvalue weighted by molar-refractivity contribution is 5.83. The van der Waals surface area contributed by atoms with Crippen molar-refractivity contribution in [2.45, 2.75) is 19.3 Å². The third-order valence-corrected chi connectivity index (χ3v) is 2.44. The molecule has 0 bridgehead atoms. The quantitative estimate of drug-likeness (QED) is 0.814. The number of aryl methyl sites for hydroxylation is 1. The zero-order valence-electron chi connectivity index (χ0n) is 9.64. The molecule has 0 spiro atoms. The maximum absolute atomic E-state index is 11.1. The topological polar surface area (TPSA) is 83.8 Å². The third-order valence-electron chi connectivity index (χ3n) is 2.44. The monoisotopic (exact) mass is 238 g/mol. The predicted molar refractivity (Wildman–Crippen MR) is 60.4 cm³/mol. The lowest BCUT2D eigenvalue weighted by atomic mass is 9.94. The predicted octanol–water partition coefficient (Wildman–Crippen LogP) is 1.65. The molecule has 1 unspecified atom stereocenters. The lowest BCUT2D eigenvalue weighted by Gasteiger charge is -2.14.